The molecule has 0 radical (unpaired) electrons. The summed E-state index contributed by atoms with van der Waals surface area (Å²) in [5, 5.41) is -1.79. The molecule has 9 unspecified atom stereocenters. The lowest BCUT2D eigenvalue weighted by Gasteiger charge is -2.62. The normalized spacial score (nSPS) is 59.0. The standard InChI is InChI=1S/C23H42O10SSi2/c1-8-12-34-21(9-2)20-14-22(34,26-16-27-34)31-18-13-23(25-7,32-20)35(10-3,19(18,5)24-6)29-17-30-36(11-4,33-21)28-15-20/h18H,8-17H2,1-7H3. The maximum absolute atomic E-state index is 7.50. The van der Waals surface area contributed by atoms with Crippen molar-refractivity contribution in [2.24, 2.45) is 0 Å². The highest BCUT2D eigenvalue weighted by Crippen LogP contribution is 2.86. The highest BCUT2D eigenvalue weighted by atomic mass is 32.3. The van der Waals surface area contributed by atoms with Crippen LogP contribution >= 0.6 is 10.3 Å². The van der Waals surface area contributed by atoms with Crippen LogP contribution in [0, 0.1) is 0 Å². The maximum Gasteiger partial charge on any atom is 0.503 e. The second-order valence-electron chi connectivity index (χ2n) is 10.9. The molecule has 0 aromatic carbocycles. The molecule has 10 nitrogen and oxygen atoms in total. The van der Waals surface area contributed by atoms with Crippen LogP contribution in [0.4, 0.5) is 0 Å². The summed E-state index contributed by atoms with van der Waals surface area (Å²) < 4.78 is 68.2. The Balaban J connectivity index is 1.69. The van der Waals surface area contributed by atoms with Crippen LogP contribution in [-0.2, 0) is 45.6 Å². The number of hydrogen-bond donors (Lipinski definition) is 0. The molecule has 0 aliphatic carbocycles. The minimum atomic E-state index is -3.15. The van der Waals surface area contributed by atoms with E-state index in [0.29, 0.717) is 38.0 Å². The Morgan fingerprint density at radius 3 is 2.44 bits per heavy atom. The molecule has 0 saturated carbocycles. The Kier molecular flexibility index (Phi) is 6.07. The van der Waals surface area contributed by atoms with Crippen molar-refractivity contribution < 1.29 is 45.6 Å². The Morgan fingerprint density at radius 2 is 1.81 bits per heavy atom. The van der Waals surface area contributed by atoms with Crippen molar-refractivity contribution in [1.82, 2.24) is 0 Å². The second-order valence-corrected chi connectivity index (χ2v) is 21.5. The molecular formula is C23H42O10SSi2. The van der Waals surface area contributed by atoms with E-state index in [-0.39, 0.29) is 19.7 Å². The molecule has 0 aromatic heterocycles. The van der Waals surface area contributed by atoms with Gasteiger partial charge < -0.3 is 45.6 Å². The minimum Gasteiger partial charge on any atom is -0.386 e. The number of ether oxygens (including phenoxy) is 5. The third-order valence-electron chi connectivity index (χ3n) is 10.00. The van der Waals surface area contributed by atoms with Crippen molar-refractivity contribution in [1.29, 1.82) is 0 Å². The van der Waals surface area contributed by atoms with Gasteiger partial charge in [0.15, 0.2) is 12.2 Å². The van der Waals surface area contributed by atoms with Crippen LogP contribution in [0.25, 0.3) is 0 Å². The molecule has 7 saturated heterocycles. The van der Waals surface area contributed by atoms with Gasteiger partial charge in [-0.1, -0.05) is 27.7 Å². The molecule has 9 atom stereocenters. The van der Waals surface area contributed by atoms with Gasteiger partial charge >= 0.3 is 8.80 Å². The average molecular weight is 567 g/mol. The summed E-state index contributed by atoms with van der Waals surface area (Å²) in [7, 11) is -4.95. The summed E-state index contributed by atoms with van der Waals surface area (Å²) in [4.78, 5) is -0.836. The summed E-state index contributed by atoms with van der Waals surface area (Å²) >= 11 is 0. The van der Waals surface area contributed by atoms with E-state index in [4.69, 9.17) is 45.6 Å². The van der Waals surface area contributed by atoms with Gasteiger partial charge in [-0.05, 0) is 36.1 Å². The molecule has 0 aromatic rings. The van der Waals surface area contributed by atoms with Crippen molar-refractivity contribution in [3.63, 3.8) is 0 Å². The molecule has 7 aliphatic heterocycles. The van der Waals surface area contributed by atoms with E-state index in [1.54, 1.807) is 14.2 Å². The summed E-state index contributed by atoms with van der Waals surface area (Å²) in [6, 6.07) is 1.31. The van der Waals surface area contributed by atoms with Crippen molar-refractivity contribution in [3.05, 3.63) is 0 Å². The number of rotatable bonds is 7. The van der Waals surface area contributed by atoms with Crippen LogP contribution in [0.2, 0.25) is 12.1 Å². The van der Waals surface area contributed by atoms with Crippen LogP contribution in [0.5, 0.6) is 0 Å². The monoisotopic (exact) mass is 566 g/mol. The lowest BCUT2D eigenvalue weighted by atomic mass is 9.90. The van der Waals surface area contributed by atoms with Gasteiger partial charge in [-0.2, -0.15) is 0 Å². The first-order valence-electron chi connectivity index (χ1n) is 13.4. The molecule has 5 bridgehead atoms. The van der Waals surface area contributed by atoms with Gasteiger partial charge in [0.25, 0.3) is 8.32 Å². The first-order valence-corrected chi connectivity index (χ1v) is 19.1. The van der Waals surface area contributed by atoms with Crippen molar-refractivity contribution in [3.8, 4) is 0 Å². The second kappa shape index (κ2) is 8.21. The van der Waals surface area contributed by atoms with Gasteiger partial charge in [-0.25, -0.2) is 0 Å². The molecule has 13 heteroatoms. The van der Waals surface area contributed by atoms with Crippen LogP contribution in [0.15, 0.2) is 0 Å². The van der Waals surface area contributed by atoms with E-state index in [2.05, 4.69) is 34.6 Å². The van der Waals surface area contributed by atoms with Gasteiger partial charge in [0.05, 0.1) is 12.7 Å². The SMILES string of the molecule is CCCS12OCOC13CC14CO[Si](CC)(OCO[Si]5(CC)C(OC)(CC(O3)C5(C)OC)O1)OC42CC. The first-order chi connectivity index (χ1) is 17.2. The fourth-order valence-electron chi connectivity index (χ4n) is 8.28. The highest BCUT2D eigenvalue weighted by Gasteiger charge is 2.90. The molecule has 7 fully saturated rings. The van der Waals surface area contributed by atoms with Gasteiger partial charge in [0.1, 0.15) is 22.6 Å². The van der Waals surface area contributed by atoms with Gasteiger partial charge in [0, 0.05) is 38.9 Å². The van der Waals surface area contributed by atoms with Gasteiger partial charge in [-0.15, -0.1) is 0 Å². The molecule has 2 spiro atoms. The fraction of sp³-hybridized carbons (Fsp3) is 1.00. The summed E-state index contributed by atoms with van der Waals surface area (Å²) in [6.45, 7) is 11.1. The zero-order valence-corrected chi connectivity index (χ0v) is 25.5. The number of fused-ring (bicyclic) bond motifs is 4. The average Bonchev–Trinajstić information content (AvgIpc) is 3.40. The quantitative estimate of drug-likeness (QED) is 0.425. The molecule has 7 rings (SSSR count). The van der Waals surface area contributed by atoms with Crippen molar-refractivity contribution >= 4 is 27.4 Å². The highest BCUT2D eigenvalue weighted by molar-refractivity contribution is 8.32. The van der Waals surface area contributed by atoms with Crippen LogP contribution in [0.1, 0.15) is 60.3 Å². The zero-order valence-electron chi connectivity index (χ0n) is 22.6. The number of methoxy groups -OCH3 is 2. The Bertz CT molecular complexity index is 920. The summed E-state index contributed by atoms with van der Waals surface area (Å²) in [6.07, 6.45) is 2.06. The Labute approximate surface area is 217 Å². The van der Waals surface area contributed by atoms with E-state index in [1.807, 2.05) is 0 Å². The Hall–Kier alpha value is 0.384. The van der Waals surface area contributed by atoms with E-state index >= 15 is 0 Å². The fourth-order valence-corrected chi connectivity index (χ4v) is 21.4. The van der Waals surface area contributed by atoms with E-state index in [9.17, 15) is 0 Å². The minimum absolute atomic E-state index is 0.0334. The maximum atomic E-state index is 7.50. The van der Waals surface area contributed by atoms with Crippen molar-refractivity contribution in [2.75, 3.05) is 40.2 Å². The van der Waals surface area contributed by atoms with Crippen LogP contribution < -0.4 is 0 Å². The molecule has 0 amide bonds. The Morgan fingerprint density at radius 1 is 1.00 bits per heavy atom. The predicted molar refractivity (Wildman–Crippen MR) is 135 cm³/mol. The lowest BCUT2D eigenvalue weighted by molar-refractivity contribution is -0.336. The largest absolute Gasteiger partial charge is 0.503 e. The smallest absolute Gasteiger partial charge is 0.386 e. The molecule has 208 valence electrons. The van der Waals surface area contributed by atoms with E-state index < -0.39 is 53.7 Å². The van der Waals surface area contributed by atoms with Gasteiger partial charge in [-0.3, -0.25) is 0 Å². The topological polar surface area (TPSA) is 92.3 Å². The first kappa shape index (κ1) is 26.6. The lowest BCUT2D eigenvalue weighted by Crippen LogP contribution is -2.78. The van der Waals surface area contributed by atoms with Crippen LogP contribution in [-0.4, -0.2) is 89.7 Å². The zero-order chi connectivity index (χ0) is 25.7. The molecule has 36 heavy (non-hydrogen) atoms. The van der Waals surface area contributed by atoms with E-state index in [1.165, 1.54) is 0 Å². The van der Waals surface area contributed by atoms with Gasteiger partial charge in [0.2, 0.25) is 5.12 Å². The molecule has 7 heterocycles. The molecule has 0 N–H and O–H groups in total. The molecule has 7 aliphatic rings. The third kappa shape index (κ3) is 2.60. The summed E-state index contributed by atoms with van der Waals surface area (Å²) in [5.41, 5.74) is -1.98. The third-order valence-corrected chi connectivity index (χ3v) is 22.9. The number of hydrogen-bond acceptors (Lipinski definition) is 10. The molecular weight excluding hydrogens is 524 g/mol. The predicted octanol–water partition coefficient (Wildman–Crippen LogP) is 3.64. The summed E-state index contributed by atoms with van der Waals surface area (Å²) in [5.74, 6) is 0.767. The van der Waals surface area contributed by atoms with Crippen molar-refractivity contribution in [2.45, 2.75) is 105 Å². The van der Waals surface area contributed by atoms with Crippen LogP contribution in [0.3, 0.4) is 0 Å². The van der Waals surface area contributed by atoms with E-state index in [0.717, 1.165) is 12.2 Å².